The second kappa shape index (κ2) is 4.22. The molecule has 0 spiro atoms. The van der Waals surface area contributed by atoms with Gasteiger partial charge >= 0.3 is 0 Å². The molecule has 0 atom stereocenters. The summed E-state index contributed by atoms with van der Waals surface area (Å²) in [6.07, 6.45) is 3.74. The second-order valence-electron chi connectivity index (χ2n) is 3.68. The number of rotatable bonds is 2. The lowest BCUT2D eigenvalue weighted by molar-refractivity contribution is 0.101. The Morgan fingerprint density at radius 1 is 1.44 bits per heavy atom. The van der Waals surface area contributed by atoms with Crippen LogP contribution in [0.3, 0.4) is 0 Å². The number of carbonyl (C=O) groups excluding carboxylic acids is 1. The largest absolute Gasteiger partial charge is 0.294 e. The van der Waals surface area contributed by atoms with E-state index in [1.165, 1.54) is 0 Å². The summed E-state index contributed by atoms with van der Waals surface area (Å²) in [5.74, 6) is 0.0510. The van der Waals surface area contributed by atoms with Crippen LogP contribution in [0.5, 0.6) is 0 Å². The van der Waals surface area contributed by atoms with Gasteiger partial charge in [0.1, 0.15) is 0 Å². The van der Waals surface area contributed by atoms with Gasteiger partial charge in [-0.1, -0.05) is 0 Å². The summed E-state index contributed by atoms with van der Waals surface area (Å²) in [5.41, 5.74) is 2.73. The zero-order valence-corrected chi connectivity index (χ0v) is 10.7. The normalized spacial score (nSPS) is 10.4. The van der Waals surface area contributed by atoms with Crippen molar-refractivity contribution in [3.05, 3.63) is 46.2 Å². The topological polar surface area (TPSA) is 34.9 Å². The molecule has 2 rings (SSSR count). The van der Waals surface area contributed by atoms with Gasteiger partial charge in [-0.2, -0.15) is 5.10 Å². The molecule has 0 bridgehead atoms. The van der Waals surface area contributed by atoms with Crippen molar-refractivity contribution in [1.29, 1.82) is 0 Å². The molecule has 1 aromatic heterocycles. The number of nitrogens with zero attached hydrogens (tertiary/aromatic N) is 2. The molecule has 0 amide bonds. The predicted octanol–water partition coefficient (Wildman–Crippen LogP) is 3.15. The van der Waals surface area contributed by atoms with Crippen LogP contribution >= 0.6 is 15.9 Å². The first kappa shape index (κ1) is 11.1. The summed E-state index contributed by atoms with van der Waals surface area (Å²) in [6.45, 7) is 3.54. The van der Waals surface area contributed by atoms with Crippen molar-refractivity contribution in [2.24, 2.45) is 0 Å². The first-order valence-electron chi connectivity index (χ1n) is 4.90. The van der Waals surface area contributed by atoms with Crippen molar-refractivity contribution in [1.82, 2.24) is 9.78 Å². The SMILES string of the molecule is CC(=O)c1ccc(-n2cc(C)cn2)cc1Br. The molecule has 16 heavy (non-hydrogen) atoms. The van der Waals surface area contributed by atoms with E-state index >= 15 is 0 Å². The Kier molecular flexibility index (Phi) is 2.92. The zero-order chi connectivity index (χ0) is 11.7. The number of ketones is 1. The molecule has 1 aromatic carbocycles. The van der Waals surface area contributed by atoms with Gasteiger partial charge in [-0.15, -0.1) is 0 Å². The van der Waals surface area contributed by atoms with E-state index in [0.29, 0.717) is 5.56 Å². The highest BCUT2D eigenvalue weighted by atomic mass is 79.9. The Morgan fingerprint density at radius 3 is 2.69 bits per heavy atom. The van der Waals surface area contributed by atoms with E-state index in [9.17, 15) is 4.79 Å². The summed E-state index contributed by atoms with van der Waals surface area (Å²) in [4.78, 5) is 11.3. The molecule has 0 aliphatic rings. The number of aromatic nitrogens is 2. The van der Waals surface area contributed by atoms with E-state index in [1.54, 1.807) is 23.9 Å². The Hall–Kier alpha value is -1.42. The van der Waals surface area contributed by atoms with Crippen molar-refractivity contribution in [3.63, 3.8) is 0 Å². The van der Waals surface area contributed by atoms with Crippen LogP contribution in [0.4, 0.5) is 0 Å². The maximum atomic E-state index is 11.3. The van der Waals surface area contributed by atoms with E-state index in [-0.39, 0.29) is 5.78 Å². The number of benzene rings is 1. The second-order valence-corrected chi connectivity index (χ2v) is 4.54. The van der Waals surface area contributed by atoms with Crippen LogP contribution < -0.4 is 0 Å². The number of carbonyl (C=O) groups is 1. The van der Waals surface area contributed by atoms with E-state index in [0.717, 1.165) is 15.7 Å². The molecule has 0 saturated heterocycles. The smallest absolute Gasteiger partial charge is 0.160 e. The maximum Gasteiger partial charge on any atom is 0.160 e. The summed E-state index contributed by atoms with van der Waals surface area (Å²) in [5, 5.41) is 4.21. The standard InChI is InChI=1S/C12H11BrN2O/c1-8-6-14-15(7-8)10-3-4-11(9(2)16)12(13)5-10/h3-7H,1-2H3. The fourth-order valence-electron chi connectivity index (χ4n) is 1.49. The quantitative estimate of drug-likeness (QED) is 0.791. The van der Waals surface area contributed by atoms with E-state index < -0.39 is 0 Å². The van der Waals surface area contributed by atoms with E-state index in [2.05, 4.69) is 21.0 Å². The fraction of sp³-hybridized carbons (Fsp3) is 0.167. The van der Waals surface area contributed by atoms with Crippen LogP contribution in [-0.2, 0) is 0 Å². The Balaban J connectivity index is 2.45. The molecule has 0 saturated carbocycles. The molecule has 0 radical (unpaired) electrons. The monoisotopic (exact) mass is 278 g/mol. The highest BCUT2D eigenvalue weighted by Gasteiger charge is 2.07. The van der Waals surface area contributed by atoms with Gasteiger partial charge in [-0.25, -0.2) is 4.68 Å². The van der Waals surface area contributed by atoms with Gasteiger partial charge in [-0.3, -0.25) is 4.79 Å². The molecule has 1 heterocycles. The van der Waals surface area contributed by atoms with Gasteiger partial charge in [0.05, 0.1) is 11.9 Å². The number of halogens is 1. The molecule has 2 aromatic rings. The summed E-state index contributed by atoms with van der Waals surface area (Å²) in [6, 6.07) is 5.58. The minimum Gasteiger partial charge on any atom is -0.294 e. The third kappa shape index (κ3) is 2.07. The van der Waals surface area contributed by atoms with Gasteiger partial charge in [0.25, 0.3) is 0 Å². The lowest BCUT2D eigenvalue weighted by atomic mass is 10.1. The first-order valence-corrected chi connectivity index (χ1v) is 5.69. The molecule has 0 aliphatic heterocycles. The number of Topliss-reactive ketones (excluding diaryl/α,β-unsaturated/α-hetero) is 1. The maximum absolute atomic E-state index is 11.3. The molecular weight excluding hydrogens is 268 g/mol. The van der Waals surface area contributed by atoms with Crippen molar-refractivity contribution in [3.8, 4) is 5.69 Å². The summed E-state index contributed by atoms with van der Waals surface area (Å²) >= 11 is 3.39. The lowest BCUT2D eigenvalue weighted by Crippen LogP contribution is -1.98. The Labute approximate surface area is 102 Å². The van der Waals surface area contributed by atoms with Crippen molar-refractivity contribution in [2.45, 2.75) is 13.8 Å². The van der Waals surface area contributed by atoms with Crippen LogP contribution in [0.1, 0.15) is 22.8 Å². The number of hydrogen-bond acceptors (Lipinski definition) is 2. The minimum atomic E-state index is 0.0510. The highest BCUT2D eigenvalue weighted by Crippen LogP contribution is 2.21. The van der Waals surface area contributed by atoms with Gasteiger partial charge in [0, 0.05) is 16.2 Å². The molecule has 82 valence electrons. The zero-order valence-electron chi connectivity index (χ0n) is 9.07. The van der Waals surface area contributed by atoms with Crippen LogP contribution in [0.25, 0.3) is 5.69 Å². The molecule has 0 unspecified atom stereocenters. The number of hydrogen-bond donors (Lipinski definition) is 0. The average Bonchev–Trinajstić information content (AvgIpc) is 2.64. The van der Waals surface area contributed by atoms with Gasteiger partial charge < -0.3 is 0 Å². The van der Waals surface area contributed by atoms with Crippen LogP contribution in [0.15, 0.2) is 35.1 Å². The average molecular weight is 279 g/mol. The third-order valence-corrected chi connectivity index (χ3v) is 2.96. The highest BCUT2D eigenvalue weighted by molar-refractivity contribution is 9.10. The van der Waals surface area contributed by atoms with Crippen molar-refractivity contribution < 1.29 is 4.79 Å². The van der Waals surface area contributed by atoms with Crippen molar-refractivity contribution in [2.75, 3.05) is 0 Å². The van der Waals surface area contributed by atoms with Crippen LogP contribution in [-0.4, -0.2) is 15.6 Å². The molecule has 3 nitrogen and oxygen atoms in total. The van der Waals surface area contributed by atoms with Crippen LogP contribution in [0, 0.1) is 6.92 Å². The molecular formula is C12H11BrN2O. The first-order chi connectivity index (χ1) is 7.58. The van der Waals surface area contributed by atoms with Gasteiger partial charge in [0.15, 0.2) is 5.78 Å². The Morgan fingerprint density at radius 2 is 2.19 bits per heavy atom. The lowest BCUT2D eigenvalue weighted by Gasteiger charge is -2.04. The predicted molar refractivity (Wildman–Crippen MR) is 66.0 cm³/mol. The Bertz CT molecular complexity index is 546. The van der Waals surface area contributed by atoms with E-state index in [4.69, 9.17) is 0 Å². The van der Waals surface area contributed by atoms with Gasteiger partial charge in [-0.05, 0) is 53.5 Å². The van der Waals surface area contributed by atoms with Crippen LogP contribution in [0.2, 0.25) is 0 Å². The molecule has 0 aliphatic carbocycles. The van der Waals surface area contributed by atoms with Crippen molar-refractivity contribution >= 4 is 21.7 Å². The summed E-state index contributed by atoms with van der Waals surface area (Å²) < 4.78 is 2.58. The molecule has 0 N–H and O–H groups in total. The third-order valence-electron chi connectivity index (χ3n) is 2.31. The van der Waals surface area contributed by atoms with Gasteiger partial charge in [0.2, 0.25) is 0 Å². The fourth-order valence-corrected chi connectivity index (χ4v) is 2.13. The molecule has 4 heteroatoms. The molecule has 0 fully saturated rings. The minimum absolute atomic E-state index is 0.0510. The summed E-state index contributed by atoms with van der Waals surface area (Å²) in [7, 11) is 0. The van der Waals surface area contributed by atoms with E-state index in [1.807, 2.05) is 25.3 Å². The number of aryl methyl sites for hydroxylation is 1.